The number of aliphatic hydroxyl groups excluding tert-OH is 1. The Bertz CT molecular complexity index is 581. The number of rotatable bonds is 2. The lowest BCUT2D eigenvalue weighted by Crippen LogP contribution is -2.08. The van der Waals surface area contributed by atoms with Crippen LogP contribution in [-0.2, 0) is 0 Å². The Morgan fingerprint density at radius 2 is 1.61 bits per heavy atom. The third-order valence-corrected chi connectivity index (χ3v) is 2.79. The van der Waals surface area contributed by atoms with Crippen LogP contribution in [0.15, 0.2) is 36.4 Å². The first-order valence-corrected chi connectivity index (χ1v) is 5.39. The van der Waals surface area contributed by atoms with Crippen LogP contribution in [0.1, 0.15) is 22.8 Å². The molecule has 2 aromatic carbocycles. The molecule has 18 heavy (non-hydrogen) atoms. The molecule has 4 heteroatoms. The van der Waals surface area contributed by atoms with E-state index in [2.05, 4.69) is 0 Å². The molecule has 2 aromatic rings. The maximum Gasteiger partial charge on any atom is 0.135 e. The van der Waals surface area contributed by atoms with Crippen LogP contribution in [-0.4, -0.2) is 5.11 Å². The van der Waals surface area contributed by atoms with Gasteiger partial charge < -0.3 is 5.11 Å². The van der Waals surface area contributed by atoms with Crippen LogP contribution in [0.2, 0.25) is 0 Å². The molecule has 0 fully saturated rings. The third-order valence-electron chi connectivity index (χ3n) is 2.79. The van der Waals surface area contributed by atoms with Crippen LogP contribution < -0.4 is 0 Å². The number of halogens is 3. The highest BCUT2D eigenvalue weighted by Gasteiger charge is 2.23. The van der Waals surface area contributed by atoms with Crippen molar-refractivity contribution in [1.82, 2.24) is 0 Å². The lowest BCUT2D eigenvalue weighted by atomic mass is 9.98. The van der Waals surface area contributed by atoms with Crippen molar-refractivity contribution in [2.75, 3.05) is 0 Å². The standard InChI is InChI=1S/C14H11F3O/c1-8-6-7-11(16)12(13(8)17)14(18)9-4-2-3-5-10(9)15/h2-7,14,18H,1H3. The van der Waals surface area contributed by atoms with E-state index < -0.39 is 29.1 Å². The van der Waals surface area contributed by atoms with E-state index in [9.17, 15) is 18.3 Å². The maximum absolute atomic E-state index is 13.8. The third kappa shape index (κ3) is 2.11. The van der Waals surface area contributed by atoms with E-state index in [0.717, 1.165) is 12.1 Å². The summed E-state index contributed by atoms with van der Waals surface area (Å²) in [7, 11) is 0. The molecule has 0 aliphatic heterocycles. The Hall–Kier alpha value is -1.81. The zero-order chi connectivity index (χ0) is 13.3. The molecule has 0 heterocycles. The first kappa shape index (κ1) is 12.6. The van der Waals surface area contributed by atoms with E-state index in [1.54, 1.807) is 0 Å². The smallest absolute Gasteiger partial charge is 0.135 e. The van der Waals surface area contributed by atoms with Gasteiger partial charge in [-0.25, -0.2) is 13.2 Å². The molecule has 1 N–H and O–H groups in total. The minimum absolute atomic E-state index is 0.152. The van der Waals surface area contributed by atoms with Crippen LogP contribution in [0.5, 0.6) is 0 Å². The Kier molecular flexibility index (Phi) is 3.39. The predicted octanol–water partition coefficient (Wildman–Crippen LogP) is 3.49. The van der Waals surface area contributed by atoms with Gasteiger partial charge in [-0.15, -0.1) is 0 Å². The van der Waals surface area contributed by atoms with Crippen molar-refractivity contribution in [2.45, 2.75) is 13.0 Å². The molecule has 0 amide bonds. The van der Waals surface area contributed by atoms with Gasteiger partial charge in [0.05, 0.1) is 5.56 Å². The minimum Gasteiger partial charge on any atom is -0.383 e. The Morgan fingerprint density at radius 3 is 2.28 bits per heavy atom. The largest absolute Gasteiger partial charge is 0.383 e. The summed E-state index contributed by atoms with van der Waals surface area (Å²) in [5.74, 6) is -2.45. The van der Waals surface area contributed by atoms with Gasteiger partial charge in [-0.3, -0.25) is 0 Å². The highest BCUT2D eigenvalue weighted by Crippen LogP contribution is 2.29. The number of aliphatic hydroxyl groups is 1. The average molecular weight is 252 g/mol. The second-order valence-corrected chi connectivity index (χ2v) is 4.02. The number of aryl methyl sites for hydroxylation is 1. The molecule has 0 spiro atoms. The van der Waals surface area contributed by atoms with Crippen LogP contribution in [0, 0.1) is 24.4 Å². The molecule has 0 bridgehead atoms. The lowest BCUT2D eigenvalue weighted by Gasteiger charge is -2.15. The van der Waals surface area contributed by atoms with E-state index in [4.69, 9.17) is 0 Å². The number of hydrogen-bond donors (Lipinski definition) is 1. The Balaban J connectivity index is 2.56. The van der Waals surface area contributed by atoms with Crippen molar-refractivity contribution in [2.24, 2.45) is 0 Å². The van der Waals surface area contributed by atoms with Crippen molar-refractivity contribution in [1.29, 1.82) is 0 Å². The molecule has 0 aliphatic carbocycles. The summed E-state index contributed by atoms with van der Waals surface area (Å²) < 4.78 is 40.9. The van der Waals surface area contributed by atoms with E-state index >= 15 is 0 Å². The summed E-state index contributed by atoms with van der Waals surface area (Å²) in [6, 6.07) is 7.67. The highest BCUT2D eigenvalue weighted by molar-refractivity contribution is 5.35. The van der Waals surface area contributed by atoms with Gasteiger partial charge in [0.25, 0.3) is 0 Å². The molecule has 0 aliphatic rings. The van der Waals surface area contributed by atoms with E-state index in [-0.39, 0.29) is 11.1 Å². The summed E-state index contributed by atoms with van der Waals surface area (Å²) in [6.07, 6.45) is -1.66. The highest BCUT2D eigenvalue weighted by atomic mass is 19.1. The summed E-state index contributed by atoms with van der Waals surface area (Å²) in [5, 5.41) is 9.94. The monoisotopic (exact) mass is 252 g/mol. The molecule has 0 radical (unpaired) electrons. The molecule has 1 unspecified atom stereocenters. The summed E-state index contributed by atoms with van der Waals surface area (Å²) >= 11 is 0. The van der Waals surface area contributed by atoms with Gasteiger partial charge in [0.15, 0.2) is 0 Å². The lowest BCUT2D eigenvalue weighted by molar-refractivity contribution is 0.204. The van der Waals surface area contributed by atoms with Gasteiger partial charge in [0, 0.05) is 5.56 Å². The van der Waals surface area contributed by atoms with Crippen molar-refractivity contribution in [3.63, 3.8) is 0 Å². The molecule has 0 aromatic heterocycles. The number of hydrogen-bond acceptors (Lipinski definition) is 1. The first-order valence-electron chi connectivity index (χ1n) is 5.39. The normalized spacial score (nSPS) is 12.5. The molecule has 0 saturated carbocycles. The zero-order valence-electron chi connectivity index (χ0n) is 9.62. The van der Waals surface area contributed by atoms with Gasteiger partial charge in [-0.2, -0.15) is 0 Å². The molecule has 0 saturated heterocycles. The van der Waals surface area contributed by atoms with Crippen LogP contribution >= 0.6 is 0 Å². The second-order valence-electron chi connectivity index (χ2n) is 4.02. The van der Waals surface area contributed by atoms with E-state index in [1.165, 1.54) is 31.2 Å². The quantitative estimate of drug-likeness (QED) is 0.867. The van der Waals surface area contributed by atoms with Crippen LogP contribution in [0.4, 0.5) is 13.2 Å². The van der Waals surface area contributed by atoms with Crippen molar-refractivity contribution < 1.29 is 18.3 Å². The van der Waals surface area contributed by atoms with Gasteiger partial charge in [0.2, 0.25) is 0 Å². The maximum atomic E-state index is 13.8. The van der Waals surface area contributed by atoms with Crippen LogP contribution in [0.25, 0.3) is 0 Å². The average Bonchev–Trinajstić information content (AvgIpc) is 2.35. The second kappa shape index (κ2) is 4.82. The molecular weight excluding hydrogens is 241 g/mol. The van der Waals surface area contributed by atoms with Crippen molar-refractivity contribution in [3.8, 4) is 0 Å². The summed E-state index contributed by atoms with van der Waals surface area (Å²) in [5.41, 5.74) is -0.484. The Morgan fingerprint density at radius 1 is 0.944 bits per heavy atom. The molecule has 1 atom stereocenters. The topological polar surface area (TPSA) is 20.2 Å². The fourth-order valence-corrected chi connectivity index (χ4v) is 1.78. The van der Waals surface area contributed by atoms with Gasteiger partial charge in [-0.1, -0.05) is 24.3 Å². The Labute approximate surface area is 103 Å². The van der Waals surface area contributed by atoms with Crippen LogP contribution in [0.3, 0.4) is 0 Å². The van der Waals surface area contributed by atoms with Crippen molar-refractivity contribution in [3.05, 3.63) is 70.5 Å². The SMILES string of the molecule is Cc1ccc(F)c(C(O)c2ccccc2F)c1F. The van der Waals surface area contributed by atoms with Gasteiger partial charge in [-0.05, 0) is 24.6 Å². The molecule has 2 rings (SSSR count). The van der Waals surface area contributed by atoms with Gasteiger partial charge >= 0.3 is 0 Å². The summed E-state index contributed by atoms with van der Waals surface area (Å²) in [4.78, 5) is 0. The molecule has 1 nitrogen and oxygen atoms in total. The predicted molar refractivity (Wildman–Crippen MR) is 61.6 cm³/mol. The fraction of sp³-hybridized carbons (Fsp3) is 0.143. The first-order chi connectivity index (χ1) is 8.52. The summed E-state index contributed by atoms with van der Waals surface area (Å²) in [6.45, 7) is 1.45. The van der Waals surface area contributed by atoms with Gasteiger partial charge in [0.1, 0.15) is 23.6 Å². The van der Waals surface area contributed by atoms with Crippen molar-refractivity contribution >= 4 is 0 Å². The minimum atomic E-state index is -1.66. The van der Waals surface area contributed by atoms with E-state index in [1.807, 2.05) is 0 Å². The number of benzene rings is 2. The molecule has 94 valence electrons. The molecular formula is C14H11F3O. The fourth-order valence-electron chi connectivity index (χ4n) is 1.78. The van der Waals surface area contributed by atoms with E-state index in [0.29, 0.717) is 0 Å². The zero-order valence-corrected chi connectivity index (χ0v) is 9.62.